The molecule has 1 aromatic carbocycles. The highest BCUT2D eigenvalue weighted by atomic mass is 35.5. The molecular weight excluding hydrogens is 278 g/mol. The third-order valence-electron chi connectivity index (χ3n) is 2.86. The molecule has 0 atom stereocenters. The Morgan fingerprint density at radius 2 is 2.35 bits per heavy atom. The van der Waals surface area contributed by atoms with Gasteiger partial charge < -0.3 is 4.74 Å². The molecule has 0 radical (unpaired) electrons. The van der Waals surface area contributed by atoms with E-state index in [1.54, 1.807) is 18.2 Å². The molecule has 0 saturated heterocycles. The smallest absolute Gasteiger partial charge is 0.327 e. The molecule has 0 bridgehead atoms. The Labute approximate surface area is 121 Å². The predicted molar refractivity (Wildman–Crippen MR) is 75.3 cm³/mol. The van der Waals surface area contributed by atoms with Gasteiger partial charge in [0.25, 0.3) is 0 Å². The molecule has 0 unspecified atom stereocenters. The molecule has 0 aliphatic carbocycles. The molecule has 104 valence electrons. The zero-order chi connectivity index (χ0) is 14.5. The number of hydrogen-bond acceptors (Lipinski definition) is 4. The molecule has 6 heteroatoms. The first kappa shape index (κ1) is 14.4. The quantitative estimate of drug-likeness (QED) is 0.627. The molecule has 2 rings (SSSR count). The molecule has 2 aromatic rings. The summed E-state index contributed by atoms with van der Waals surface area (Å²) >= 11 is 5.91. The van der Waals surface area contributed by atoms with Crippen molar-refractivity contribution in [3.05, 3.63) is 28.9 Å². The Bertz CT molecular complexity index is 673. The van der Waals surface area contributed by atoms with Gasteiger partial charge in [0.05, 0.1) is 12.1 Å². The molecule has 0 aliphatic heterocycles. The van der Waals surface area contributed by atoms with Gasteiger partial charge in [-0.25, -0.2) is 0 Å². The van der Waals surface area contributed by atoms with Crippen molar-refractivity contribution < 1.29 is 9.53 Å². The number of carbonyl (C=O) groups is 1. The molecule has 5 nitrogen and oxygen atoms in total. The maximum Gasteiger partial charge on any atom is 0.327 e. The van der Waals surface area contributed by atoms with E-state index in [0.717, 1.165) is 12.8 Å². The average molecular weight is 292 g/mol. The summed E-state index contributed by atoms with van der Waals surface area (Å²) < 4.78 is 6.56. The van der Waals surface area contributed by atoms with Crippen LogP contribution >= 0.6 is 11.6 Å². The van der Waals surface area contributed by atoms with Crippen LogP contribution in [-0.2, 0) is 16.1 Å². The Kier molecular flexibility index (Phi) is 4.59. The molecule has 0 aliphatic rings. The highest BCUT2D eigenvalue weighted by molar-refractivity contribution is 6.31. The van der Waals surface area contributed by atoms with Gasteiger partial charge in [0.15, 0.2) is 5.69 Å². The van der Waals surface area contributed by atoms with E-state index in [-0.39, 0.29) is 18.2 Å². The second-order valence-electron chi connectivity index (χ2n) is 4.35. The first-order valence-electron chi connectivity index (χ1n) is 6.37. The van der Waals surface area contributed by atoms with Crippen molar-refractivity contribution >= 4 is 28.5 Å². The van der Waals surface area contributed by atoms with E-state index in [1.807, 2.05) is 13.0 Å². The summed E-state index contributed by atoms with van der Waals surface area (Å²) in [6.45, 7) is 2.42. The standard InChI is InChI=1S/C14H14ClN3O2/c1-2-3-6-20-14(19)9-18-13-5-4-10(15)7-11(13)12(8-16)17-18/h4-5,7H,2-3,6,9H2,1H3. The fourth-order valence-corrected chi connectivity index (χ4v) is 2.02. The number of hydrogen-bond donors (Lipinski definition) is 0. The third kappa shape index (κ3) is 3.09. The lowest BCUT2D eigenvalue weighted by atomic mass is 10.2. The summed E-state index contributed by atoms with van der Waals surface area (Å²) in [5.41, 5.74) is 0.947. The van der Waals surface area contributed by atoms with Crippen molar-refractivity contribution in [3.63, 3.8) is 0 Å². The number of rotatable bonds is 5. The molecule has 0 spiro atoms. The summed E-state index contributed by atoms with van der Waals surface area (Å²) in [5.74, 6) is -0.359. The van der Waals surface area contributed by atoms with Crippen LogP contribution < -0.4 is 0 Å². The average Bonchev–Trinajstić information content (AvgIpc) is 2.76. The van der Waals surface area contributed by atoms with E-state index in [0.29, 0.717) is 22.5 Å². The molecule has 0 fully saturated rings. The van der Waals surface area contributed by atoms with E-state index in [1.165, 1.54) is 4.68 Å². The minimum Gasteiger partial charge on any atom is -0.464 e. The topological polar surface area (TPSA) is 67.9 Å². The highest BCUT2D eigenvalue weighted by Gasteiger charge is 2.13. The van der Waals surface area contributed by atoms with Gasteiger partial charge in [-0.15, -0.1) is 0 Å². The van der Waals surface area contributed by atoms with Crippen LogP contribution in [0.3, 0.4) is 0 Å². The maximum absolute atomic E-state index is 11.7. The normalized spacial score (nSPS) is 10.4. The molecular formula is C14H14ClN3O2. The minimum atomic E-state index is -0.359. The van der Waals surface area contributed by atoms with E-state index >= 15 is 0 Å². The fraction of sp³-hybridized carbons (Fsp3) is 0.357. The van der Waals surface area contributed by atoms with E-state index in [9.17, 15) is 4.79 Å². The van der Waals surface area contributed by atoms with Gasteiger partial charge in [-0.2, -0.15) is 10.4 Å². The van der Waals surface area contributed by atoms with Gasteiger partial charge in [-0.3, -0.25) is 9.48 Å². The van der Waals surface area contributed by atoms with Crippen LogP contribution in [0.4, 0.5) is 0 Å². The first-order valence-corrected chi connectivity index (χ1v) is 6.75. The van der Waals surface area contributed by atoms with Gasteiger partial charge >= 0.3 is 5.97 Å². The van der Waals surface area contributed by atoms with Crippen molar-refractivity contribution in [2.75, 3.05) is 6.61 Å². The second kappa shape index (κ2) is 6.40. The molecule has 20 heavy (non-hydrogen) atoms. The Hall–Kier alpha value is -2.06. The number of esters is 1. The lowest BCUT2D eigenvalue weighted by molar-refractivity contribution is -0.144. The van der Waals surface area contributed by atoms with Crippen LogP contribution in [0.1, 0.15) is 25.5 Å². The molecule has 0 N–H and O–H groups in total. The van der Waals surface area contributed by atoms with Gasteiger partial charge in [-0.05, 0) is 24.6 Å². The van der Waals surface area contributed by atoms with Crippen LogP contribution in [-0.4, -0.2) is 22.4 Å². The van der Waals surface area contributed by atoms with E-state index in [4.69, 9.17) is 21.6 Å². The minimum absolute atomic E-state index is 0.0104. The number of benzene rings is 1. The van der Waals surface area contributed by atoms with Crippen molar-refractivity contribution in [2.24, 2.45) is 0 Å². The summed E-state index contributed by atoms with van der Waals surface area (Å²) in [6, 6.07) is 7.11. The van der Waals surface area contributed by atoms with Crippen molar-refractivity contribution in [1.29, 1.82) is 5.26 Å². The molecule has 1 heterocycles. The number of unbranched alkanes of at least 4 members (excludes halogenated alkanes) is 1. The second-order valence-corrected chi connectivity index (χ2v) is 4.79. The number of ether oxygens (including phenoxy) is 1. The summed E-state index contributed by atoms with van der Waals surface area (Å²) in [7, 11) is 0. The highest BCUT2D eigenvalue weighted by Crippen LogP contribution is 2.22. The zero-order valence-electron chi connectivity index (χ0n) is 11.1. The lowest BCUT2D eigenvalue weighted by Gasteiger charge is -2.05. The molecule has 0 amide bonds. The van der Waals surface area contributed by atoms with Crippen molar-refractivity contribution in [3.8, 4) is 6.07 Å². The monoisotopic (exact) mass is 291 g/mol. The maximum atomic E-state index is 11.7. The number of nitriles is 1. The third-order valence-corrected chi connectivity index (χ3v) is 3.09. The zero-order valence-corrected chi connectivity index (χ0v) is 11.9. The van der Waals surface area contributed by atoms with Crippen LogP contribution in [0.15, 0.2) is 18.2 Å². The van der Waals surface area contributed by atoms with Crippen LogP contribution in [0.5, 0.6) is 0 Å². The van der Waals surface area contributed by atoms with E-state index in [2.05, 4.69) is 5.10 Å². The Morgan fingerprint density at radius 3 is 3.05 bits per heavy atom. The van der Waals surface area contributed by atoms with Crippen LogP contribution in [0.25, 0.3) is 10.9 Å². The first-order chi connectivity index (χ1) is 9.65. The summed E-state index contributed by atoms with van der Waals surface area (Å²) in [6.07, 6.45) is 1.81. The van der Waals surface area contributed by atoms with Gasteiger partial charge in [0, 0.05) is 10.4 Å². The SMILES string of the molecule is CCCCOC(=O)Cn1nc(C#N)c2cc(Cl)ccc21. The fourth-order valence-electron chi connectivity index (χ4n) is 1.85. The van der Waals surface area contributed by atoms with E-state index < -0.39 is 0 Å². The number of halogens is 1. The van der Waals surface area contributed by atoms with Crippen LogP contribution in [0.2, 0.25) is 5.02 Å². The number of aromatic nitrogens is 2. The van der Waals surface area contributed by atoms with Gasteiger partial charge in [0.2, 0.25) is 0 Å². The molecule has 0 saturated carbocycles. The summed E-state index contributed by atoms with van der Waals surface area (Å²) in [4.78, 5) is 11.7. The number of fused-ring (bicyclic) bond motifs is 1. The lowest BCUT2D eigenvalue weighted by Crippen LogP contribution is -2.15. The van der Waals surface area contributed by atoms with Gasteiger partial charge in [-0.1, -0.05) is 24.9 Å². The van der Waals surface area contributed by atoms with Crippen molar-refractivity contribution in [1.82, 2.24) is 9.78 Å². The number of carbonyl (C=O) groups excluding carboxylic acids is 1. The predicted octanol–water partition coefficient (Wildman–Crippen LogP) is 2.90. The number of nitrogens with zero attached hydrogens (tertiary/aromatic N) is 3. The summed E-state index contributed by atoms with van der Waals surface area (Å²) in [5, 5.41) is 14.3. The Morgan fingerprint density at radius 1 is 1.55 bits per heavy atom. The van der Waals surface area contributed by atoms with Crippen LogP contribution in [0, 0.1) is 11.3 Å². The Balaban J connectivity index is 2.22. The van der Waals surface area contributed by atoms with Crippen molar-refractivity contribution in [2.45, 2.75) is 26.3 Å². The molecule has 1 aromatic heterocycles. The van der Waals surface area contributed by atoms with Gasteiger partial charge in [0.1, 0.15) is 12.6 Å². The largest absolute Gasteiger partial charge is 0.464 e.